The largest absolute Gasteiger partial charge is 0.465 e. The Labute approximate surface area is 147 Å². The number of hydrogen-bond donors (Lipinski definition) is 0. The van der Waals surface area contributed by atoms with Gasteiger partial charge in [-0.05, 0) is 64.8 Å². The van der Waals surface area contributed by atoms with Gasteiger partial charge in [0, 0.05) is 10.9 Å². The molecule has 132 valence electrons. The Balaban J connectivity index is 2.03. The van der Waals surface area contributed by atoms with E-state index in [2.05, 4.69) is 4.90 Å². The van der Waals surface area contributed by atoms with Gasteiger partial charge in [0.05, 0.1) is 17.4 Å². The first-order chi connectivity index (χ1) is 11.6. The monoisotopic (exact) mass is 349 g/mol. The normalized spacial score (nSPS) is 28.8. The van der Waals surface area contributed by atoms with Crippen molar-refractivity contribution in [2.75, 3.05) is 19.7 Å². The van der Waals surface area contributed by atoms with Crippen LogP contribution in [0.1, 0.15) is 44.6 Å². The summed E-state index contributed by atoms with van der Waals surface area (Å²) in [7, 11) is -1.40. The predicted molar refractivity (Wildman–Crippen MR) is 95.4 cm³/mol. The SMILES string of the molecule is CCOC(=O)[C@@]1(S(=O)c2ccc(C)cc2)CCCN2CCCC[C@@H]21. The molecule has 3 atom stereocenters. The first-order valence-electron chi connectivity index (χ1n) is 8.99. The molecule has 3 rings (SSSR count). The Bertz CT molecular complexity index is 614. The smallest absolute Gasteiger partial charge is 0.326 e. The molecule has 2 aliphatic rings. The fourth-order valence-electron chi connectivity index (χ4n) is 4.15. The van der Waals surface area contributed by atoms with Crippen LogP contribution in [0.4, 0.5) is 0 Å². The Morgan fingerprint density at radius 2 is 1.96 bits per heavy atom. The topological polar surface area (TPSA) is 46.6 Å². The van der Waals surface area contributed by atoms with Gasteiger partial charge < -0.3 is 4.74 Å². The summed E-state index contributed by atoms with van der Waals surface area (Å²) in [4.78, 5) is 16.1. The summed E-state index contributed by atoms with van der Waals surface area (Å²) in [6, 6.07) is 7.75. The van der Waals surface area contributed by atoms with Crippen LogP contribution in [0.2, 0.25) is 0 Å². The second-order valence-corrected chi connectivity index (χ2v) is 8.58. The molecule has 2 fully saturated rings. The van der Waals surface area contributed by atoms with E-state index in [0.29, 0.717) is 13.0 Å². The molecule has 0 bridgehead atoms. The van der Waals surface area contributed by atoms with E-state index in [0.717, 1.165) is 49.2 Å². The lowest BCUT2D eigenvalue weighted by atomic mass is 9.82. The third-order valence-electron chi connectivity index (χ3n) is 5.33. The van der Waals surface area contributed by atoms with Gasteiger partial charge in [0.2, 0.25) is 0 Å². The highest BCUT2D eigenvalue weighted by Gasteiger charge is 2.56. The molecule has 2 heterocycles. The number of esters is 1. The molecular formula is C19H27NO3S. The van der Waals surface area contributed by atoms with Crippen LogP contribution in [0.5, 0.6) is 0 Å². The Morgan fingerprint density at radius 3 is 2.67 bits per heavy atom. The van der Waals surface area contributed by atoms with E-state index < -0.39 is 15.5 Å². The fraction of sp³-hybridized carbons (Fsp3) is 0.632. The fourth-order valence-corrected chi connectivity index (χ4v) is 6.01. The molecule has 0 N–H and O–H groups in total. The summed E-state index contributed by atoms with van der Waals surface area (Å²) in [6.07, 6.45) is 4.72. The van der Waals surface area contributed by atoms with Crippen LogP contribution >= 0.6 is 0 Å². The summed E-state index contributed by atoms with van der Waals surface area (Å²) in [5, 5.41) is 0. The van der Waals surface area contributed by atoms with E-state index >= 15 is 0 Å². The molecule has 0 amide bonds. The number of carbonyl (C=O) groups excluding carboxylic acids is 1. The van der Waals surface area contributed by atoms with Crippen molar-refractivity contribution in [2.45, 2.75) is 61.6 Å². The maximum absolute atomic E-state index is 13.6. The highest BCUT2D eigenvalue weighted by atomic mass is 32.2. The number of piperidine rings is 2. The molecule has 5 heteroatoms. The summed E-state index contributed by atoms with van der Waals surface area (Å²) in [5.41, 5.74) is 1.13. The van der Waals surface area contributed by atoms with Gasteiger partial charge in [-0.2, -0.15) is 0 Å². The Morgan fingerprint density at radius 1 is 1.25 bits per heavy atom. The molecule has 1 aromatic rings. The van der Waals surface area contributed by atoms with E-state index in [-0.39, 0.29) is 12.0 Å². The number of rotatable bonds is 4. The Kier molecular flexibility index (Phi) is 5.40. The molecule has 0 aromatic heterocycles. The standard InChI is InChI=1S/C19H27NO3S/c1-3-23-18(21)19(24(22)16-10-8-15(2)9-11-16)12-6-14-20-13-5-4-7-17(19)20/h8-11,17H,3-7,12-14H2,1-2H3/t17-,19-,24?/m1/s1. The van der Waals surface area contributed by atoms with Gasteiger partial charge in [-0.3, -0.25) is 13.9 Å². The number of benzene rings is 1. The minimum Gasteiger partial charge on any atom is -0.465 e. The van der Waals surface area contributed by atoms with Crippen LogP contribution in [0, 0.1) is 6.92 Å². The van der Waals surface area contributed by atoms with Gasteiger partial charge in [0.15, 0.2) is 4.75 Å². The van der Waals surface area contributed by atoms with Gasteiger partial charge >= 0.3 is 5.97 Å². The van der Waals surface area contributed by atoms with Gasteiger partial charge in [-0.25, -0.2) is 0 Å². The quantitative estimate of drug-likeness (QED) is 0.784. The van der Waals surface area contributed by atoms with Crippen molar-refractivity contribution >= 4 is 16.8 Å². The second-order valence-electron chi connectivity index (χ2n) is 6.84. The molecule has 2 aliphatic heterocycles. The zero-order valence-electron chi connectivity index (χ0n) is 14.6. The zero-order valence-corrected chi connectivity index (χ0v) is 15.4. The lowest BCUT2D eigenvalue weighted by Crippen LogP contribution is -2.64. The molecule has 2 saturated heterocycles. The third-order valence-corrected chi connectivity index (χ3v) is 7.34. The van der Waals surface area contributed by atoms with E-state index in [4.69, 9.17) is 4.74 Å². The predicted octanol–water partition coefficient (Wildman–Crippen LogP) is 3.05. The molecule has 1 aromatic carbocycles. The highest BCUT2D eigenvalue weighted by molar-refractivity contribution is 7.87. The van der Waals surface area contributed by atoms with Crippen molar-refractivity contribution in [3.8, 4) is 0 Å². The van der Waals surface area contributed by atoms with Crippen molar-refractivity contribution in [2.24, 2.45) is 0 Å². The molecule has 24 heavy (non-hydrogen) atoms. The highest BCUT2D eigenvalue weighted by Crippen LogP contribution is 2.41. The van der Waals surface area contributed by atoms with Crippen LogP contribution in [-0.4, -0.2) is 45.6 Å². The van der Waals surface area contributed by atoms with Gasteiger partial charge in [-0.1, -0.05) is 24.1 Å². The molecule has 4 nitrogen and oxygen atoms in total. The van der Waals surface area contributed by atoms with E-state index in [1.165, 1.54) is 0 Å². The summed E-state index contributed by atoms with van der Waals surface area (Å²) < 4.78 is 18.1. The zero-order chi connectivity index (χ0) is 17.2. The summed E-state index contributed by atoms with van der Waals surface area (Å²) in [5.74, 6) is -0.277. The van der Waals surface area contributed by atoms with Crippen LogP contribution in [0.25, 0.3) is 0 Å². The maximum Gasteiger partial charge on any atom is 0.326 e. The molecular weight excluding hydrogens is 322 g/mol. The van der Waals surface area contributed by atoms with Crippen molar-refractivity contribution in [1.29, 1.82) is 0 Å². The summed E-state index contributed by atoms with van der Waals surface area (Å²) >= 11 is 0. The number of aryl methyl sites for hydroxylation is 1. The molecule has 0 spiro atoms. The minimum atomic E-state index is -1.40. The second kappa shape index (κ2) is 7.36. The minimum absolute atomic E-state index is 0.0289. The maximum atomic E-state index is 13.6. The molecule has 0 aliphatic carbocycles. The van der Waals surface area contributed by atoms with E-state index in [1.807, 2.05) is 38.1 Å². The van der Waals surface area contributed by atoms with Gasteiger partial charge in [0.25, 0.3) is 0 Å². The Hall–Kier alpha value is -1.20. The molecule has 1 unspecified atom stereocenters. The van der Waals surface area contributed by atoms with Crippen LogP contribution in [-0.2, 0) is 20.3 Å². The lowest BCUT2D eigenvalue weighted by Gasteiger charge is -2.49. The summed E-state index contributed by atoms with van der Waals surface area (Å²) in [6.45, 7) is 6.16. The first kappa shape index (κ1) is 17.6. The van der Waals surface area contributed by atoms with Crippen molar-refractivity contribution in [3.05, 3.63) is 29.8 Å². The van der Waals surface area contributed by atoms with E-state index in [1.54, 1.807) is 0 Å². The van der Waals surface area contributed by atoms with Crippen molar-refractivity contribution < 1.29 is 13.7 Å². The van der Waals surface area contributed by atoms with Crippen molar-refractivity contribution in [3.63, 3.8) is 0 Å². The lowest BCUT2D eigenvalue weighted by molar-refractivity contribution is -0.150. The van der Waals surface area contributed by atoms with Gasteiger partial charge in [-0.15, -0.1) is 0 Å². The first-order valence-corrected chi connectivity index (χ1v) is 10.1. The number of ether oxygens (including phenoxy) is 1. The number of fused-ring (bicyclic) bond motifs is 1. The molecule has 0 radical (unpaired) electrons. The van der Waals surface area contributed by atoms with Crippen LogP contribution in [0.15, 0.2) is 29.2 Å². The average molecular weight is 349 g/mol. The molecule has 0 saturated carbocycles. The van der Waals surface area contributed by atoms with E-state index in [9.17, 15) is 9.00 Å². The van der Waals surface area contributed by atoms with Crippen molar-refractivity contribution in [1.82, 2.24) is 4.90 Å². The third kappa shape index (κ3) is 3.04. The average Bonchev–Trinajstić information content (AvgIpc) is 2.61. The van der Waals surface area contributed by atoms with Crippen LogP contribution in [0.3, 0.4) is 0 Å². The van der Waals surface area contributed by atoms with Crippen LogP contribution < -0.4 is 0 Å². The number of nitrogens with zero attached hydrogens (tertiary/aromatic N) is 1. The number of hydrogen-bond acceptors (Lipinski definition) is 4. The van der Waals surface area contributed by atoms with Gasteiger partial charge in [0.1, 0.15) is 0 Å². The number of carbonyl (C=O) groups is 1.